The molecule has 0 saturated carbocycles. The van der Waals surface area contributed by atoms with Crippen molar-refractivity contribution < 1.29 is 4.42 Å². The standard InChI is InChI=1S/C42H25NOS/c1-2-9-29(10-3-1)43(36-13-8-16-40-42(36)33-12-5-7-15-39(33)45-40)30-21-22-31-27(23-30)19-17-26-18-20-28-24-35-32-11-4-6-14-37(32)44-38(35)25-34(28)41(26)31/h1-25H. The van der Waals surface area contributed by atoms with Gasteiger partial charge in [-0.3, -0.25) is 0 Å². The zero-order valence-electron chi connectivity index (χ0n) is 24.2. The highest BCUT2D eigenvalue weighted by atomic mass is 32.1. The maximum Gasteiger partial charge on any atom is 0.136 e. The fourth-order valence-corrected chi connectivity index (χ4v) is 8.31. The predicted molar refractivity (Wildman–Crippen MR) is 194 cm³/mol. The van der Waals surface area contributed by atoms with Gasteiger partial charge in [-0.05, 0) is 93.0 Å². The minimum absolute atomic E-state index is 0.927. The van der Waals surface area contributed by atoms with Gasteiger partial charge in [0.2, 0.25) is 0 Å². The third-order valence-corrected chi connectivity index (χ3v) is 10.3. The number of rotatable bonds is 3. The third-order valence-electron chi connectivity index (χ3n) is 9.19. The van der Waals surface area contributed by atoms with Crippen molar-refractivity contribution in [1.29, 1.82) is 0 Å². The molecule has 0 N–H and O–H groups in total. The predicted octanol–water partition coefficient (Wildman–Crippen LogP) is 12.9. The molecule has 45 heavy (non-hydrogen) atoms. The number of thiophene rings is 1. The summed E-state index contributed by atoms with van der Waals surface area (Å²) in [6.07, 6.45) is 0. The van der Waals surface area contributed by atoms with Gasteiger partial charge in [-0.2, -0.15) is 0 Å². The van der Waals surface area contributed by atoms with Gasteiger partial charge < -0.3 is 9.32 Å². The summed E-state index contributed by atoms with van der Waals surface area (Å²) in [7, 11) is 0. The number of anilines is 3. The largest absolute Gasteiger partial charge is 0.456 e. The summed E-state index contributed by atoms with van der Waals surface area (Å²) in [4.78, 5) is 2.41. The summed E-state index contributed by atoms with van der Waals surface area (Å²) in [6.45, 7) is 0. The van der Waals surface area contributed by atoms with Crippen LogP contribution in [0.5, 0.6) is 0 Å². The normalized spacial score (nSPS) is 12.0. The van der Waals surface area contributed by atoms with Gasteiger partial charge in [-0.15, -0.1) is 11.3 Å². The molecule has 10 aromatic rings. The van der Waals surface area contributed by atoms with Gasteiger partial charge in [-0.25, -0.2) is 0 Å². The van der Waals surface area contributed by atoms with Gasteiger partial charge in [0.15, 0.2) is 0 Å². The first-order valence-electron chi connectivity index (χ1n) is 15.3. The maximum atomic E-state index is 6.32. The van der Waals surface area contributed by atoms with Crippen LogP contribution in [0.15, 0.2) is 156 Å². The molecule has 0 bridgehead atoms. The molecule has 0 fully saturated rings. The number of para-hydroxylation sites is 2. The van der Waals surface area contributed by atoms with Gasteiger partial charge >= 0.3 is 0 Å². The number of nitrogens with zero attached hydrogens (tertiary/aromatic N) is 1. The second-order valence-electron chi connectivity index (χ2n) is 11.7. The lowest BCUT2D eigenvalue weighted by Crippen LogP contribution is -2.10. The molecule has 0 unspecified atom stereocenters. The summed E-state index contributed by atoms with van der Waals surface area (Å²) in [6, 6.07) is 54.9. The van der Waals surface area contributed by atoms with E-state index in [9.17, 15) is 0 Å². The highest BCUT2D eigenvalue weighted by molar-refractivity contribution is 7.26. The number of hydrogen-bond acceptors (Lipinski definition) is 3. The zero-order chi connectivity index (χ0) is 29.5. The number of benzene rings is 8. The second kappa shape index (κ2) is 9.43. The highest BCUT2D eigenvalue weighted by Crippen LogP contribution is 2.46. The van der Waals surface area contributed by atoms with Crippen LogP contribution in [0.1, 0.15) is 0 Å². The van der Waals surface area contributed by atoms with Crippen LogP contribution in [0.2, 0.25) is 0 Å². The Morgan fingerprint density at radius 2 is 1.13 bits per heavy atom. The van der Waals surface area contributed by atoms with Gasteiger partial charge in [-0.1, -0.05) is 91.0 Å². The van der Waals surface area contributed by atoms with Crippen molar-refractivity contribution in [3.8, 4) is 0 Å². The lowest BCUT2D eigenvalue weighted by molar-refractivity contribution is 0.669. The Morgan fingerprint density at radius 1 is 0.400 bits per heavy atom. The Labute approximate surface area is 263 Å². The molecule has 210 valence electrons. The van der Waals surface area contributed by atoms with Gasteiger partial charge in [0, 0.05) is 42.3 Å². The van der Waals surface area contributed by atoms with Crippen LogP contribution in [0.4, 0.5) is 17.1 Å². The van der Waals surface area contributed by atoms with Crippen molar-refractivity contribution in [3.05, 3.63) is 152 Å². The quantitative estimate of drug-likeness (QED) is 0.190. The SMILES string of the molecule is c1ccc(N(c2ccc3c(ccc4ccc5cc6c(cc5c43)oc3ccccc36)c2)c2cccc3sc4ccccc4c23)cc1. The van der Waals surface area contributed by atoms with E-state index in [-0.39, 0.29) is 0 Å². The van der Waals surface area contributed by atoms with Crippen molar-refractivity contribution in [1.82, 2.24) is 0 Å². The maximum absolute atomic E-state index is 6.32. The molecule has 0 saturated heterocycles. The van der Waals surface area contributed by atoms with E-state index in [2.05, 4.69) is 144 Å². The Kier molecular flexibility index (Phi) is 5.19. The zero-order valence-corrected chi connectivity index (χ0v) is 25.0. The fraction of sp³-hybridized carbons (Fsp3) is 0. The molecule has 0 amide bonds. The average molecular weight is 592 g/mol. The number of hydrogen-bond donors (Lipinski definition) is 0. The van der Waals surface area contributed by atoms with E-state index in [1.807, 2.05) is 23.5 Å². The van der Waals surface area contributed by atoms with Crippen LogP contribution < -0.4 is 4.90 Å². The van der Waals surface area contributed by atoms with Gasteiger partial charge in [0.05, 0.1) is 5.69 Å². The van der Waals surface area contributed by atoms with E-state index in [0.717, 1.165) is 33.3 Å². The second-order valence-corrected chi connectivity index (χ2v) is 12.8. The van der Waals surface area contributed by atoms with Crippen LogP contribution in [0.25, 0.3) is 74.4 Å². The number of fused-ring (bicyclic) bond motifs is 11. The molecule has 0 aliphatic carbocycles. The lowest BCUT2D eigenvalue weighted by atomic mass is 9.95. The Hall–Kier alpha value is -5.64. The Balaban J connectivity index is 1.23. The summed E-state index contributed by atoms with van der Waals surface area (Å²) in [5.74, 6) is 0. The van der Waals surface area contributed by atoms with E-state index in [1.165, 1.54) is 58.2 Å². The Morgan fingerprint density at radius 3 is 2.02 bits per heavy atom. The van der Waals surface area contributed by atoms with Crippen molar-refractivity contribution in [2.45, 2.75) is 0 Å². The Bertz CT molecular complexity index is 2770. The molecule has 0 spiro atoms. The minimum Gasteiger partial charge on any atom is -0.456 e. The van der Waals surface area contributed by atoms with E-state index in [1.54, 1.807) is 0 Å². The molecule has 10 rings (SSSR count). The topological polar surface area (TPSA) is 16.4 Å². The van der Waals surface area contributed by atoms with E-state index in [4.69, 9.17) is 4.42 Å². The minimum atomic E-state index is 0.927. The number of furan rings is 1. The molecule has 0 radical (unpaired) electrons. The van der Waals surface area contributed by atoms with Crippen LogP contribution in [0, 0.1) is 0 Å². The molecular weight excluding hydrogens is 567 g/mol. The molecule has 0 aliphatic heterocycles. The first kappa shape index (κ1) is 24.8. The van der Waals surface area contributed by atoms with E-state index < -0.39 is 0 Å². The van der Waals surface area contributed by atoms with Crippen molar-refractivity contribution in [2.24, 2.45) is 0 Å². The third kappa shape index (κ3) is 3.68. The molecule has 0 atom stereocenters. The highest BCUT2D eigenvalue weighted by Gasteiger charge is 2.19. The fourth-order valence-electron chi connectivity index (χ4n) is 7.18. The molecule has 3 heteroatoms. The van der Waals surface area contributed by atoms with Crippen LogP contribution in [-0.2, 0) is 0 Å². The van der Waals surface area contributed by atoms with Crippen molar-refractivity contribution in [3.63, 3.8) is 0 Å². The van der Waals surface area contributed by atoms with Gasteiger partial charge in [0.1, 0.15) is 11.2 Å². The van der Waals surface area contributed by atoms with Crippen molar-refractivity contribution in [2.75, 3.05) is 4.90 Å². The summed E-state index contributed by atoms with van der Waals surface area (Å²) < 4.78 is 8.93. The van der Waals surface area contributed by atoms with Crippen molar-refractivity contribution >= 4 is 103 Å². The van der Waals surface area contributed by atoms with Crippen LogP contribution in [0.3, 0.4) is 0 Å². The van der Waals surface area contributed by atoms with Crippen LogP contribution >= 0.6 is 11.3 Å². The summed E-state index contributed by atoms with van der Waals surface area (Å²) >= 11 is 1.86. The van der Waals surface area contributed by atoms with E-state index in [0.29, 0.717) is 0 Å². The molecule has 0 aliphatic rings. The first-order valence-corrected chi connectivity index (χ1v) is 16.1. The first-order chi connectivity index (χ1) is 22.3. The average Bonchev–Trinajstić information content (AvgIpc) is 3.66. The monoisotopic (exact) mass is 591 g/mol. The van der Waals surface area contributed by atoms with Crippen LogP contribution in [-0.4, -0.2) is 0 Å². The lowest BCUT2D eigenvalue weighted by Gasteiger charge is -2.27. The molecule has 2 heterocycles. The molecule has 8 aromatic carbocycles. The van der Waals surface area contributed by atoms with Gasteiger partial charge in [0.25, 0.3) is 0 Å². The smallest absolute Gasteiger partial charge is 0.136 e. The molecule has 2 aromatic heterocycles. The summed E-state index contributed by atoms with van der Waals surface area (Å²) in [5.41, 5.74) is 5.31. The molecular formula is C42H25NOS. The molecule has 2 nitrogen and oxygen atoms in total. The summed E-state index contributed by atoms with van der Waals surface area (Å²) in [5, 5.41) is 12.3. The van der Waals surface area contributed by atoms with E-state index >= 15 is 0 Å².